The average molecular weight is 234 g/mol. The first-order valence-corrected chi connectivity index (χ1v) is 4.36. The lowest BCUT2D eigenvalue weighted by Crippen LogP contribution is -2.23. The quantitative estimate of drug-likeness (QED) is 0.804. The van der Waals surface area contributed by atoms with Gasteiger partial charge in [0.2, 0.25) is 5.91 Å². The largest absolute Gasteiger partial charge is 0.436 e. The first-order chi connectivity index (χ1) is 7.43. The van der Waals surface area contributed by atoms with Crippen LogP contribution in [0.2, 0.25) is 0 Å². The van der Waals surface area contributed by atoms with Crippen molar-refractivity contribution >= 4 is 5.91 Å². The van der Waals surface area contributed by atoms with Crippen LogP contribution < -0.4 is 5.32 Å². The molecule has 1 N–H and O–H groups in total. The van der Waals surface area contributed by atoms with Gasteiger partial charge in [-0.3, -0.25) is 4.79 Å². The molecule has 1 amide bonds. The van der Waals surface area contributed by atoms with Crippen LogP contribution in [0.1, 0.15) is 11.5 Å². The monoisotopic (exact) mass is 234 g/mol. The highest BCUT2D eigenvalue weighted by molar-refractivity contribution is 5.86. The molecule has 0 aliphatic carbocycles. The van der Waals surface area contributed by atoms with Crippen LogP contribution in [0.5, 0.6) is 0 Å². The van der Waals surface area contributed by atoms with Gasteiger partial charge < -0.3 is 9.84 Å². The van der Waals surface area contributed by atoms with Gasteiger partial charge in [-0.1, -0.05) is 11.7 Å². The van der Waals surface area contributed by atoms with Crippen molar-refractivity contribution in [3.8, 4) is 0 Å². The van der Waals surface area contributed by atoms with Crippen LogP contribution in [0.15, 0.2) is 23.2 Å². The number of rotatable bonds is 4. The number of carbonyl (C=O) groups excluding carboxylic acids is 1. The molecule has 16 heavy (non-hydrogen) atoms. The smallest absolute Gasteiger partial charge is 0.361 e. The van der Waals surface area contributed by atoms with Gasteiger partial charge in [0.05, 0.1) is 0 Å². The molecule has 1 rings (SSSR count). The predicted molar refractivity (Wildman–Crippen MR) is 48.4 cm³/mol. The molecule has 1 aromatic heterocycles. The molecule has 0 saturated carbocycles. The molecule has 0 aromatic carbocycles. The molecule has 0 bridgehead atoms. The molecular weight excluding hydrogens is 225 g/mol. The van der Waals surface area contributed by atoms with Gasteiger partial charge in [-0.2, -0.15) is 13.2 Å². The summed E-state index contributed by atoms with van der Waals surface area (Å²) in [5.41, 5.74) is -1.07. The van der Waals surface area contributed by atoms with Gasteiger partial charge >= 0.3 is 6.18 Å². The highest BCUT2D eigenvalue weighted by atomic mass is 19.4. The summed E-state index contributed by atoms with van der Waals surface area (Å²) >= 11 is 0. The van der Waals surface area contributed by atoms with Crippen LogP contribution in [0.4, 0.5) is 13.2 Å². The van der Waals surface area contributed by atoms with E-state index in [0.717, 1.165) is 12.1 Å². The first kappa shape index (κ1) is 12.3. The Kier molecular flexibility index (Phi) is 3.70. The standard InChI is InChI=1S/C9H9F3N2O2/c1-2-8(15)13-4-3-6-5-7(14-16-6)9(10,11)12/h2,5H,1,3-4H2,(H,13,15). The molecule has 1 aromatic rings. The van der Waals surface area contributed by atoms with Crippen LogP contribution in [-0.2, 0) is 17.4 Å². The van der Waals surface area contributed by atoms with Gasteiger partial charge in [0.15, 0.2) is 5.69 Å². The zero-order chi connectivity index (χ0) is 12.2. The minimum atomic E-state index is -4.51. The number of nitrogens with zero attached hydrogens (tertiary/aromatic N) is 1. The molecule has 0 spiro atoms. The molecule has 1 heterocycles. The maximum atomic E-state index is 12.1. The Bertz CT molecular complexity index is 384. The van der Waals surface area contributed by atoms with E-state index >= 15 is 0 Å². The highest BCUT2D eigenvalue weighted by Gasteiger charge is 2.34. The fraction of sp³-hybridized carbons (Fsp3) is 0.333. The number of aromatic nitrogens is 1. The van der Waals surface area contributed by atoms with Crippen molar-refractivity contribution in [2.24, 2.45) is 0 Å². The molecule has 0 unspecified atom stereocenters. The van der Waals surface area contributed by atoms with Gasteiger partial charge in [-0.25, -0.2) is 0 Å². The fourth-order valence-corrected chi connectivity index (χ4v) is 0.945. The van der Waals surface area contributed by atoms with E-state index in [1.54, 1.807) is 0 Å². The summed E-state index contributed by atoms with van der Waals surface area (Å²) in [6.07, 6.45) is -3.30. The first-order valence-electron chi connectivity index (χ1n) is 4.36. The molecule has 0 saturated heterocycles. The summed E-state index contributed by atoms with van der Waals surface area (Å²) in [7, 11) is 0. The van der Waals surface area contributed by atoms with Crippen LogP contribution >= 0.6 is 0 Å². The van der Waals surface area contributed by atoms with E-state index < -0.39 is 17.8 Å². The topological polar surface area (TPSA) is 55.1 Å². The van der Waals surface area contributed by atoms with Crippen molar-refractivity contribution in [2.45, 2.75) is 12.6 Å². The Balaban J connectivity index is 2.47. The average Bonchev–Trinajstić information content (AvgIpc) is 2.65. The summed E-state index contributed by atoms with van der Waals surface area (Å²) < 4.78 is 40.8. The Labute approximate surface area is 89.1 Å². The minimum absolute atomic E-state index is 0.0664. The molecule has 0 fully saturated rings. The Morgan fingerprint density at radius 1 is 1.62 bits per heavy atom. The minimum Gasteiger partial charge on any atom is -0.361 e. The van der Waals surface area contributed by atoms with Crippen LogP contribution in [0.25, 0.3) is 0 Å². The van der Waals surface area contributed by atoms with E-state index in [9.17, 15) is 18.0 Å². The van der Waals surface area contributed by atoms with Gasteiger partial charge in [0.1, 0.15) is 5.76 Å². The zero-order valence-electron chi connectivity index (χ0n) is 8.17. The van der Waals surface area contributed by atoms with Crippen molar-refractivity contribution < 1.29 is 22.5 Å². The van der Waals surface area contributed by atoms with Gasteiger partial charge in [0, 0.05) is 19.0 Å². The second-order valence-corrected chi connectivity index (χ2v) is 2.92. The number of amides is 1. The van der Waals surface area contributed by atoms with Crippen LogP contribution in [0, 0.1) is 0 Å². The van der Waals surface area contributed by atoms with E-state index in [1.165, 1.54) is 0 Å². The Morgan fingerprint density at radius 2 is 2.31 bits per heavy atom. The third kappa shape index (κ3) is 3.41. The summed E-state index contributed by atoms with van der Waals surface area (Å²) in [6, 6.07) is 0.806. The molecule has 7 heteroatoms. The van der Waals surface area contributed by atoms with E-state index in [-0.39, 0.29) is 18.7 Å². The molecule has 0 radical (unpaired) electrons. The molecule has 0 aliphatic heterocycles. The van der Waals surface area contributed by atoms with Gasteiger partial charge in [-0.05, 0) is 6.08 Å². The summed E-state index contributed by atoms with van der Waals surface area (Å²) in [6.45, 7) is 3.39. The fourth-order valence-electron chi connectivity index (χ4n) is 0.945. The number of nitrogens with one attached hydrogen (secondary N) is 1. The third-order valence-electron chi connectivity index (χ3n) is 1.71. The molecule has 4 nitrogen and oxygen atoms in total. The second kappa shape index (κ2) is 4.82. The van der Waals surface area contributed by atoms with Crippen molar-refractivity contribution in [1.82, 2.24) is 10.5 Å². The van der Waals surface area contributed by atoms with Crippen LogP contribution in [0.3, 0.4) is 0 Å². The van der Waals surface area contributed by atoms with Crippen molar-refractivity contribution in [3.05, 3.63) is 30.2 Å². The normalized spacial score (nSPS) is 11.2. The lowest BCUT2D eigenvalue weighted by molar-refractivity contribution is -0.142. The maximum absolute atomic E-state index is 12.1. The Morgan fingerprint density at radius 3 is 2.81 bits per heavy atom. The number of halogens is 3. The van der Waals surface area contributed by atoms with E-state index in [2.05, 4.69) is 21.6 Å². The van der Waals surface area contributed by atoms with Crippen molar-refractivity contribution in [3.63, 3.8) is 0 Å². The van der Waals surface area contributed by atoms with E-state index in [0.29, 0.717) is 0 Å². The van der Waals surface area contributed by atoms with Crippen molar-refractivity contribution in [1.29, 1.82) is 0 Å². The van der Waals surface area contributed by atoms with E-state index in [4.69, 9.17) is 0 Å². The number of alkyl halides is 3. The number of carbonyl (C=O) groups is 1. The summed E-state index contributed by atoms with van der Waals surface area (Å²) in [5.74, 6) is -0.327. The predicted octanol–water partition coefficient (Wildman–Crippen LogP) is 1.54. The number of hydrogen-bond donors (Lipinski definition) is 1. The van der Waals surface area contributed by atoms with E-state index in [1.807, 2.05) is 0 Å². The molecular formula is C9H9F3N2O2. The maximum Gasteiger partial charge on any atom is 0.436 e. The lowest BCUT2D eigenvalue weighted by atomic mass is 10.3. The van der Waals surface area contributed by atoms with Crippen molar-refractivity contribution in [2.75, 3.05) is 6.54 Å². The van der Waals surface area contributed by atoms with Gasteiger partial charge in [0.25, 0.3) is 0 Å². The summed E-state index contributed by atoms with van der Waals surface area (Å²) in [5, 5.41) is 5.28. The number of hydrogen-bond acceptors (Lipinski definition) is 3. The van der Waals surface area contributed by atoms with Crippen LogP contribution in [-0.4, -0.2) is 17.6 Å². The molecule has 0 atom stereocenters. The van der Waals surface area contributed by atoms with Gasteiger partial charge in [-0.15, -0.1) is 0 Å². The summed E-state index contributed by atoms with van der Waals surface area (Å²) in [4.78, 5) is 10.7. The molecule has 0 aliphatic rings. The molecule has 88 valence electrons. The third-order valence-corrected chi connectivity index (χ3v) is 1.71. The zero-order valence-corrected chi connectivity index (χ0v) is 8.17. The lowest BCUT2D eigenvalue weighted by Gasteiger charge is -1.98. The second-order valence-electron chi connectivity index (χ2n) is 2.92. The highest BCUT2D eigenvalue weighted by Crippen LogP contribution is 2.28. The Hall–Kier alpha value is -1.79. The SMILES string of the molecule is C=CC(=O)NCCc1cc(C(F)(F)F)no1.